The molecule has 4 rings (SSSR count). The molecule has 0 radical (unpaired) electrons. The number of piperazine rings is 1. The van der Waals surface area contributed by atoms with Crippen molar-refractivity contribution in [1.82, 2.24) is 19.9 Å². The fraction of sp³-hybridized carbons (Fsp3) is 0.278. The molecule has 0 unspecified atom stereocenters. The summed E-state index contributed by atoms with van der Waals surface area (Å²) in [6.07, 6.45) is 5.30. The summed E-state index contributed by atoms with van der Waals surface area (Å²) >= 11 is 0. The number of nitrogens with zero attached hydrogens (tertiary/aromatic N) is 5. The summed E-state index contributed by atoms with van der Waals surface area (Å²) in [6, 6.07) is 12.6. The van der Waals surface area contributed by atoms with E-state index in [0.717, 1.165) is 49.8 Å². The van der Waals surface area contributed by atoms with E-state index in [1.807, 2.05) is 12.3 Å². The topological polar surface area (TPSA) is 45.2 Å². The van der Waals surface area contributed by atoms with Crippen molar-refractivity contribution in [3.8, 4) is 0 Å². The molecule has 1 aliphatic heterocycles. The minimum Gasteiger partial charge on any atom is -0.353 e. The summed E-state index contributed by atoms with van der Waals surface area (Å²) in [5.74, 6) is 0.969. The first-order valence-electron chi connectivity index (χ1n) is 7.96. The Morgan fingerprint density at radius 1 is 0.913 bits per heavy atom. The van der Waals surface area contributed by atoms with Gasteiger partial charge in [0.05, 0.1) is 17.4 Å². The Morgan fingerprint density at radius 3 is 2.61 bits per heavy atom. The van der Waals surface area contributed by atoms with Crippen molar-refractivity contribution in [3.63, 3.8) is 0 Å². The summed E-state index contributed by atoms with van der Waals surface area (Å²) in [6.45, 7) is 4.90. The monoisotopic (exact) mass is 305 g/mol. The van der Waals surface area contributed by atoms with Crippen molar-refractivity contribution in [2.45, 2.75) is 6.54 Å². The van der Waals surface area contributed by atoms with Crippen molar-refractivity contribution in [2.75, 3.05) is 31.1 Å². The predicted molar refractivity (Wildman–Crippen MR) is 91.3 cm³/mol. The molecule has 0 spiro atoms. The molecule has 0 bridgehead atoms. The fourth-order valence-corrected chi connectivity index (χ4v) is 3.02. The van der Waals surface area contributed by atoms with Gasteiger partial charge in [-0.25, -0.2) is 4.98 Å². The minimum absolute atomic E-state index is 0.902. The van der Waals surface area contributed by atoms with E-state index in [1.165, 1.54) is 5.39 Å². The number of aromatic nitrogens is 3. The highest BCUT2D eigenvalue weighted by Gasteiger charge is 2.18. The predicted octanol–water partition coefficient (Wildman–Crippen LogP) is 2.35. The van der Waals surface area contributed by atoms with Crippen LogP contribution in [0.15, 0.2) is 55.0 Å². The van der Waals surface area contributed by atoms with Crippen LogP contribution in [0.2, 0.25) is 0 Å². The Kier molecular flexibility index (Phi) is 3.86. The third-order valence-electron chi connectivity index (χ3n) is 4.29. The van der Waals surface area contributed by atoms with Crippen molar-refractivity contribution in [2.24, 2.45) is 0 Å². The minimum atomic E-state index is 0.902. The quantitative estimate of drug-likeness (QED) is 0.743. The lowest BCUT2D eigenvalue weighted by atomic mass is 10.2. The molecular formula is C18H19N5. The van der Waals surface area contributed by atoms with Crippen molar-refractivity contribution >= 4 is 16.7 Å². The number of hydrogen-bond donors (Lipinski definition) is 0. The number of pyridine rings is 1. The Balaban J connectivity index is 1.40. The van der Waals surface area contributed by atoms with Crippen LogP contribution in [0.5, 0.6) is 0 Å². The highest BCUT2D eigenvalue weighted by atomic mass is 15.3. The molecule has 0 amide bonds. The Hall–Kier alpha value is -2.53. The normalized spacial score (nSPS) is 15.9. The molecule has 0 aliphatic carbocycles. The molecule has 1 aliphatic rings. The second-order valence-electron chi connectivity index (χ2n) is 5.82. The van der Waals surface area contributed by atoms with Crippen molar-refractivity contribution in [3.05, 3.63) is 60.7 Å². The molecule has 5 nitrogen and oxygen atoms in total. The average Bonchev–Trinajstić information content (AvgIpc) is 2.63. The van der Waals surface area contributed by atoms with E-state index in [9.17, 15) is 0 Å². The number of anilines is 1. The van der Waals surface area contributed by atoms with Crippen LogP contribution in [0.25, 0.3) is 10.9 Å². The van der Waals surface area contributed by atoms with E-state index in [-0.39, 0.29) is 0 Å². The highest BCUT2D eigenvalue weighted by molar-refractivity contribution is 5.78. The van der Waals surface area contributed by atoms with E-state index in [1.54, 1.807) is 12.4 Å². The number of benzene rings is 1. The molecule has 116 valence electrons. The molecule has 0 saturated carbocycles. The average molecular weight is 305 g/mol. The summed E-state index contributed by atoms with van der Waals surface area (Å²) < 4.78 is 0. The van der Waals surface area contributed by atoms with Crippen LogP contribution in [-0.4, -0.2) is 46.0 Å². The molecule has 3 heterocycles. The number of fused-ring (bicyclic) bond motifs is 1. The number of para-hydroxylation sites is 1. The second kappa shape index (κ2) is 6.30. The highest BCUT2D eigenvalue weighted by Crippen LogP contribution is 2.15. The molecule has 2 aromatic heterocycles. The maximum absolute atomic E-state index is 4.77. The zero-order chi connectivity index (χ0) is 15.5. The maximum Gasteiger partial charge on any atom is 0.147 e. The van der Waals surface area contributed by atoms with Gasteiger partial charge in [0.1, 0.15) is 5.82 Å². The van der Waals surface area contributed by atoms with Crippen molar-refractivity contribution < 1.29 is 0 Å². The molecule has 23 heavy (non-hydrogen) atoms. The molecule has 5 heteroatoms. The smallest absolute Gasteiger partial charge is 0.147 e. The zero-order valence-corrected chi connectivity index (χ0v) is 13.0. The Bertz CT molecular complexity index is 782. The third kappa shape index (κ3) is 3.14. The lowest BCUT2D eigenvalue weighted by Crippen LogP contribution is -2.46. The molecule has 0 atom stereocenters. The van der Waals surface area contributed by atoms with E-state index in [2.05, 4.69) is 50.1 Å². The van der Waals surface area contributed by atoms with Gasteiger partial charge in [0.25, 0.3) is 0 Å². The Morgan fingerprint density at radius 2 is 1.78 bits per heavy atom. The van der Waals surface area contributed by atoms with Crippen LogP contribution in [0.1, 0.15) is 5.69 Å². The van der Waals surface area contributed by atoms with Crippen LogP contribution in [0.3, 0.4) is 0 Å². The van der Waals surface area contributed by atoms with E-state index in [0.29, 0.717) is 0 Å². The third-order valence-corrected chi connectivity index (χ3v) is 4.29. The largest absolute Gasteiger partial charge is 0.353 e. The fourth-order valence-electron chi connectivity index (χ4n) is 3.02. The van der Waals surface area contributed by atoms with E-state index < -0.39 is 0 Å². The van der Waals surface area contributed by atoms with Gasteiger partial charge in [-0.1, -0.05) is 24.3 Å². The maximum atomic E-state index is 4.77. The summed E-state index contributed by atoms with van der Waals surface area (Å²) in [4.78, 5) is 18.0. The van der Waals surface area contributed by atoms with Crippen LogP contribution in [0, 0.1) is 0 Å². The first-order valence-corrected chi connectivity index (χ1v) is 7.96. The zero-order valence-electron chi connectivity index (χ0n) is 13.0. The van der Waals surface area contributed by atoms with Gasteiger partial charge in [-0.15, -0.1) is 0 Å². The van der Waals surface area contributed by atoms with Gasteiger partial charge in [-0.05, 0) is 12.1 Å². The molecule has 1 saturated heterocycles. The molecule has 1 aromatic carbocycles. The van der Waals surface area contributed by atoms with Gasteiger partial charge in [0.2, 0.25) is 0 Å². The van der Waals surface area contributed by atoms with Crippen LogP contribution in [-0.2, 0) is 6.54 Å². The molecule has 1 fully saturated rings. The van der Waals surface area contributed by atoms with E-state index >= 15 is 0 Å². The van der Waals surface area contributed by atoms with Gasteiger partial charge in [0.15, 0.2) is 0 Å². The SMILES string of the molecule is c1ccc2nc(CN3CCN(c4cnccn4)CC3)ccc2c1. The first kappa shape index (κ1) is 14.1. The summed E-state index contributed by atoms with van der Waals surface area (Å²) in [5, 5.41) is 1.20. The van der Waals surface area contributed by atoms with Gasteiger partial charge >= 0.3 is 0 Å². The van der Waals surface area contributed by atoms with Crippen LogP contribution in [0.4, 0.5) is 5.82 Å². The summed E-state index contributed by atoms with van der Waals surface area (Å²) in [7, 11) is 0. The number of hydrogen-bond acceptors (Lipinski definition) is 5. The van der Waals surface area contributed by atoms with Crippen LogP contribution >= 0.6 is 0 Å². The second-order valence-corrected chi connectivity index (χ2v) is 5.82. The summed E-state index contributed by atoms with van der Waals surface area (Å²) in [5.41, 5.74) is 2.21. The lowest BCUT2D eigenvalue weighted by Gasteiger charge is -2.35. The van der Waals surface area contributed by atoms with Gasteiger partial charge in [-0.2, -0.15) is 0 Å². The van der Waals surface area contributed by atoms with Gasteiger partial charge in [-0.3, -0.25) is 14.9 Å². The van der Waals surface area contributed by atoms with Crippen LogP contribution < -0.4 is 4.90 Å². The molecular weight excluding hydrogens is 286 g/mol. The van der Waals surface area contributed by atoms with Gasteiger partial charge in [0, 0.05) is 50.5 Å². The Labute approximate surface area is 135 Å². The lowest BCUT2D eigenvalue weighted by molar-refractivity contribution is 0.247. The first-order chi connectivity index (χ1) is 11.4. The van der Waals surface area contributed by atoms with Gasteiger partial charge < -0.3 is 4.90 Å². The standard InChI is InChI=1S/C18H19N5/c1-2-4-17-15(3-1)5-6-16(21-17)14-22-9-11-23(12-10-22)18-13-19-7-8-20-18/h1-8,13H,9-12,14H2. The molecule has 3 aromatic rings. The van der Waals surface area contributed by atoms with Crippen molar-refractivity contribution in [1.29, 1.82) is 0 Å². The van der Waals surface area contributed by atoms with E-state index in [4.69, 9.17) is 4.98 Å². The number of rotatable bonds is 3. The molecule has 0 N–H and O–H groups in total.